The molecule has 3 heterocycles. The van der Waals surface area contributed by atoms with E-state index in [9.17, 15) is 18.7 Å². The maximum absolute atomic E-state index is 13.5. The molecule has 1 atom stereocenters. The van der Waals surface area contributed by atoms with Crippen LogP contribution in [0.15, 0.2) is 48.2 Å². The van der Waals surface area contributed by atoms with Crippen LogP contribution in [0.4, 0.5) is 20.2 Å². The van der Waals surface area contributed by atoms with E-state index in [4.69, 9.17) is 16.3 Å². The number of nitrogens with one attached hydrogen (secondary N) is 1. The number of pyridine rings is 1. The lowest BCUT2D eigenvalue weighted by Gasteiger charge is -2.27. The van der Waals surface area contributed by atoms with Crippen molar-refractivity contribution in [3.05, 3.63) is 53.8 Å². The molecule has 1 amide bonds. The number of rotatable bonds is 6. The molecular weight excluding hydrogens is 450 g/mol. The van der Waals surface area contributed by atoms with Crippen LogP contribution in [0.25, 0.3) is 11.1 Å². The van der Waals surface area contributed by atoms with E-state index in [0.29, 0.717) is 41.0 Å². The van der Waals surface area contributed by atoms with Crippen molar-refractivity contribution in [3.63, 3.8) is 0 Å². The number of ether oxygens (including phenoxy) is 1. The Hall–Kier alpha value is -2.82. The molecule has 1 aliphatic heterocycles. The first-order valence-electron chi connectivity index (χ1n) is 9.29. The highest BCUT2D eigenvalue weighted by Crippen LogP contribution is 2.46. The van der Waals surface area contributed by atoms with Crippen LogP contribution in [-0.4, -0.2) is 45.1 Å². The van der Waals surface area contributed by atoms with Crippen LogP contribution in [-0.2, 0) is 0 Å². The average Bonchev–Trinajstić information content (AvgIpc) is 3.40. The molecule has 7 nitrogen and oxygen atoms in total. The van der Waals surface area contributed by atoms with Gasteiger partial charge in [0.25, 0.3) is 5.91 Å². The van der Waals surface area contributed by atoms with Gasteiger partial charge in [-0.3, -0.25) is 9.78 Å². The molecule has 2 N–H and O–H groups in total. The summed E-state index contributed by atoms with van der Waals surface area (Å²) < 4.78 is 35.8. The topological polar surface area (TPSA) is 87.6 Å². The fourth-order valence-corrected chi connectivity index (χ4v) is 4.07. The molecule has 1 aliphatic rings. The molecule has 11 heteroatoms. The van der Waals surface area contributed by atoms with Crippen molar-refractivity contribution < 1.29 is 23.4 Å². The summed E-state index contributed by atoms with van der Waals surface area (Å²) in [6.07, 6.45) is 4.39. The van der Waals surface area contributed by atoms with E-state index < -0.39 is 17.6 Å². The standard InChI is InChI=1S/C20H17ClF2N4O3S/c21-20(22,23)30-16-4-3-15(26-19(29)12-2-1-6-24-8-12)18(27-7-5-14(28)10-27)17(16)13-9-25-31-11-13/h1-4,6,8-9,11,14,28H,5,7,10H2,(H,26,29)/t14-/m1/s1. The van der Waals surface area contributed by atoms with Gasteiger partial charge in [0.05, 0.1) is 28.6 Å². The molecule has 0 spiro atoms. The van der Waals surface area contributed by atoms with E-state index in [0.717, 1.165) is 11.5 Å². The summed E-state index contributed by atoms with van der Waals surface area (Å²) in [5, 5.41) is 14.6. The molecule has 3 aromatic rings. The number of amides is 1. The van der Waals surface area contributed by atoms with Gasteiger partial charge in [-0.2, -0.15) is 0 Å². The smallest absolute Gasteiger partial charge is 0.419 e. The van der Waals surface area contributed by atoms with Gasteiger partial charge < -0.3 is 20.1 Å². The highest BCUT2D eigenvalue weighted by atomic mass is 35.5. The lowest BCUT2D eigenvalue weighted by Crippen LogP contribution is -2.25. The van der Waals surface area contributed by atoms with Crippen LogP contribution >= 0.6 is 23.1 Å². The molecule has 1 aromatic carbocycles. The Kier molecular flexibility index (Phi) is 6.03. The molecule has 0 aliphatic carbocycles. The molecule has 1 fully saturated rings. The van der Waals surface area contributed by atoms with Crippen LogP contribution in [0, 0.1) is 0 Å². The van der Waals surface area contributed by atoms with E-state index in [2.05, 4.69) is 14.7 Å². The summed E-state index contributed by atoms with van der Waals surface area (Å²) in [6, 6.07) is 6.03. The zero-order valence-corrected chi connectivity index (χ0v) is 17.5. The van der Waals surface area contributed by atoms with Gasteiger partial charge in [0, 0.05) is 54.2 Å². The number of nitrogens with zero attached hydrogens (tertiary/aromatic N) is 3. The van der Waals surface area contributed by atoms with Gasteiger partial charge >= 0.3 is 5.57 Å². The molecule has 1 saturated heterocycles. The van der Waals surface area contributed by atoms with E-state index in [-0.39, 0.29) is 12.3 Å². The SMILES string of the molecule is O=C(Nc1ccc(OC(F)(F)Cl)c(-c2cnsc2)c1N1CC[C@@H](O)C1)c1cccnc1. The third kappa shape index (κ3) is 4.92. The third-order valence-corrected chi connectivity index (χ3v) is 5.40. The Morgan fingerprint density at radius 1 is 1.35 bits per heavy atom. The fourth-order valence-electron chi connectivity index (χ4n) is 3.46. The summed E-state index contributed by atoms with van der Waals surface area (Å²) in [4.78, 5) is 18.5. The van der Waals surface area contributed by atoms with E-state index in [1.54, 1.807) is 23.7 Å². The first-order chi connectivity index (χ1) is 14.8. The number of aliphatic hydroxyl groups is 1. The highest BCUT2D eigenvalue weighted by Gasteiger charge is 2.33. The van der Waals surface area contributed by atoms with Crippen molar-refractivity contribution >= 4 is 40.4 Å². The predicted molar refractivity (Wildman–Crippen MR) is 114 cm³/mol. The number of carbonyl (C=O) groups is 1. The van der Waals surface area contributed by atoms with Crippen LogP contribution in [0.3, 0.4) is 0 Å². The maximum atomic E-state index is 13.5. The monoisotopic (exact) mass is 466 g/mol. The Morgan fingerprint density at radius 2 is 2.19 bits per heavy atom. The summed E-state index contributed by atoms with van der Waals surface area (Å²) in [5.74, 6) is -0.587. The lowest BCUT2D eigenvalue weighted by molar-refractivity contribution is -0.0960. The fraction of sp³-hybridized carbons (Fsp3) is 0.250. The van der Waals surface area contributed by atoms with Crippen molar-refractivity contribution in [1.82, 2.24) is 9.36 Å². The van der Waals surface area contributed by atoms with E-state index in [1.807, 2.05) is 4.90 Å². The van der Waals surface area contributed by atoms with Crippen LogP contribution in [0.5, 0.6) is 5.75 Å². The van der Waals surface area contributed by atoms with Crippen molar-refractivity contribution in [3.8, 4) is 16.9 Å². The van der Waals surface area contributed by atoms with Crippen molar-refractivity contribution in [1.29, 1.82) is 0 Å². The first kappa shape index (κ1) is 21.4. The quantitative estimate of drug-likeness (QED) is 0.529. The van der Waals surface area contributed by atoms with Crippen molar-refractivity contribution in [2.75, 3.05) is 23.3 Å². The van der Waals surface area contributed by atoms with Gasteiger partial charge in [0.15, 0.2) is 0 Å². The second kappa shape index (κ2) is 8.74. The molecule has 4 rings (SSSR count). The highest BCUT2D eigenvalue weighted by molar-refractivity contribution is 7.03. The molecule has 0 unspecified atom stereocenters. The Morgan fingerprint density at radius 3 is 2.81 bits per heavy atom. The molecule has 0 radical (unpaired) electrons. The Labute approximate surface area is 185 Å². The number of carbonyl (C=O) groups excluding carboxylic acids is 1. The summed E-state index contributed by atoms with van der Waals surface area (Å²) in [7, 11) is 0. The Bertz CT molecular complexity index is 1060. The number of hydrogen-bond donors (Lipinski definition) is 2. The van der Waals surface area contributed by atoms with Gasteiger partial charge in [-0.25, -0.2) is 4.37 Å². The summed E-state index contributed by atoms with van der Waals surface area (Å²) in [5.41, 5.74) is -1.97. The zero-order chi connectivity index (χ0) is 22.0. The van der Waals surface area contributed by atoms with Gasteiger partial charge in [-0.15, -0.1) is 8.78 Å². The molecule has 162 valence electrons. The predicted octanol–water partition coefficient (Wildman–Crippen LogP) is 4.20. The molecule has 0 bridgehead atoms. The summed E-state index contributed by atoms with van der Waals surface area (Å²) >= 11 is 6.18. The number of anilines is 2. The molecule has 31 heavy (non-hydrogen) atoms. The minimum atomic E-state index is -3.93. The maximum Gasteiger partial charge on any atom is 0.487 e. The first-order valence-corrected chi connectivity index (χ1v) is 10.5. The second-order valence-electron chi connectivity index (χ2n) is 6.88. The number of halogens is 3. The van der Waals surface area contributed by atoms with Gasteiger partial charge in [-0.05, 0) is 42.2 Å². The zero-order valence-electron chi connectivity index (χ0n) is 16.0. The third-order valence-electron chi connectivity index (χ3n) is 4.74. The van der Waals surface area contributed by atoms with Crippen molar-refractivity contribution in [2.45, 2.75) is 18.1 Å². The van der Waals surface area contributed by atoms with Gasteiger partial charge in [-0.1, -0.05) is 0 Å². The number of benzene rings is 1. The number of alkyl halides is 3. The van der Waals surface area contributed by atoms with Crippen LogP contribution in [0.1, 0.15) is 16.8 Å². The molecule has 2 aromatic heterocycles. The second-order valence-corrected chi connectivity index (χ2v) is 7.98. The number of aromatic nitrogens is 2. The van der Waals surface area contributed by atoms with E-state index in [1.165, 1.54) is 24.5 Å². The van der Waals surface area contributed by atoms with E-state index >= 15 is 0 Å². The number of β-amino-alcohol motifs (C(OH)–C–C–N with tert-alkyl or cyclic N) is 1. The number of hydrogen-bond acceptors (Lipinski definition) is 7. The normalized spacial score (nSPS) is 16.4. The van der Waals surface area contributed by atoms with Gasteiger partial charge in [0.2, 0.25) is 0 Å². The van der Waals surface area contributed by atoms with Crippen molar-refractivity contribution in [2.24, 2.45) is 0 Å². The van der Waals surface area contributed by atoms with Crippen LogP contribution < -0.4 is 15.0 Å². The largest absolute Gasteiger partial charge is 0.487 e. The summed E-state index contributed by atoms with van der Waals surface area (Å²) in [6.45, 7) is 0.725. The molecular formula is C20H17ClF2N4O3S. The van der Waals surface area contributed by atoms with Gasteiger partial charge in [0.1, 0.15) is 5.75 Å². The molecule has 0 saturated carbocycles. The minimum absolute atomic E-state index is 0.170. The lowest BCUT2D eigenvalue weighted by atomic mass is 10.0. The minimum Gasteiger partial charge on any atom is -0.419 e. The Balaban J connectivity index is 1.84. The number of aliphatic hydroxyl groups excluding tert-OH is 1. The van der Waals surface area contributed by atoms with Crippen LogP contribution in [0.2, 0.25) is 0 Å². The average molecular weight is 467 g/mol.